The van der Waals surface area contributed by atoms with E-state index in [1.54, 1.807) is 14.2 Å². The fraction of sp³-hybridized carbons (Fsp3) is 0.552. The number of hydrogen-bond donors (Lipinski definition) is 0. The fourth-order valence-electron chi connectivity index (χ4n) is 5.95. The molecule has 0 amide bonds. The summed E-state index contributed by atoms with van der Waals surface area (Å²) in [6, 6.07) is 21.4. The number of carbonyl (C=O) groups excluding carboxylic acids is 1. The quantitative estimate of drug-likeness (QED) is 0.246. The van der Waals surface area contributed by atoms with Gasteiger partial charge in [0.2, 0.25) is 0 Å². The first-order chi connectivity index (χ1) is 16.8. The molecule has 192 valence electrons. The molecule has 0 unspecified atom stereocenters. The van der Waals surface area contributed by atoms with Crippen LogP contribution in [0, 0.1) is 17.8 Å². The topological polar surface area (TPSA) is 54.0 Å². The molecule has 5 nitrogen and oxygen atoms in total. The van der Waals surface area contributed by atoms with Crippen molar-refractivity contribution >= 4 is 25.0 Å². The molecular weight excluding hydrogens is 456 g/mol. The van der Waals surface area contributed by atoms with Crippen LogP contribution >= 0.6 is 0 Å². The van der Waals surface area contributed by atoms with Crippen LogP contribution < -0.4 is 10.4 Å². The molecule has 0 spiro atoms. The molecule has 4 atom stereocenters. The van der Waals surface area contributed by atoms with Gasteiger partial charge in [0.15, 0.2) is 0 Å². The molecule has 3 rings (SSSR count). The van der Waals surface area contributed by atoms with Crippen molar-refractivity contribution in [3.8, 4) is 0 Å². The summed E-state index contributed by atoms with van der Waals surface area (Å²) in [7, 11) is 0.624. The maximum absolute atomic E-state index is 12.4. The van der Waals surface area contributed by atoms with E-state index in [1.807, 2.05) is 0 Å². The second-order valence-electron chi connectivity index (χ2n) is 10.9. The monoisotopic (exact) mass is 498 g/mol. The van der Waals surface area contributed by atoms with Gasteiger partial charge >= 0.3 is 0 Å². The van der Waals surface area contributed by atoms with Crippen molar-refractivity contribution in [2.75, 3.05) is 34.2 Å². The number of hydrogen-bond acceptors (Lipinski definition) is 5. The lowest BCUT2D eigenvalue weighted by atomic mass is 9.81. The molecule has 0 radical (unpaired) electrons. The molecule has 1 aliphatic rings. The van der Waals surface area contributed by atoms with Gasteiger partial charge < -0.3 is 23.4 Å². The summed E-state index contributed by atoms with van der Waals surface area (Å²) < 4.78 is 23.9. The van der Waals surface area contributed by atoms with Crippen molar-refractivity contribution in [2.45, 2.75) is 51.2 Å². The Bertz CT molecular complexity index is 874. The van der Waals surface area contributed by atoms with E-state index >= 15 is 0 Å². The summed E-state index contributed by atoms with van der Waals surface area (Å²) >= 11 is 0. The number of carbonyl (C=O) groups is 1. The lowest BCUT2D eigenvalue weighted by Gasteiger charge is -2.44. The minimum Gasteiger partial charge on any atom is -0.407 e. The average molecular weight is 499 g/mol. The zero-order valence-corrected chi connectivity index (χ0v) is 23.2. The SMILES string of the molecule is COCO[C@]1(COC)CC[C@@H]([C@@H](C)CO[Si](c2ccccc2)(c2ccccc2)C(C)(C)C)[C@@H]1C=O. The Hall–Kier alpha value is -1.83. The van der Waals surface area contributed by atoms with Gasteiger partial charge in [0.1, 0.15) is 18.7 Å². The van der Waals surface area contributed by atoms with Crippen LogP contribution in [0.5, 0.6) is 0 Å². The number of ether oxygens (including phenoxy) is 3. The summed E-state index contributed by atoms with van der Waals surface area (Å²) in [5.41, 5.74) is -0.650. The number of benzene rings is 2. The smallest absolute Gasteiger partial charge is 0.261 e. The highest BCUT2D eigenvalue weighted by Gasteiger charge is 2.53. The first-order valence-corrected chi connectivity index (χ1v) is 14.5. The van der Waals surface area contributed by atoms with Crippen molar-refractivity contribution < 1.29 is 23.4 Å². The standard InChI is InChI=1S/C29H42O5Si/c1-23(26-17-18-29(21-31-5,27(26)19-30)33-22-32-6)20-34-35(28(2,3)4,24-13-9-7-10-14-24)25-15-11-8-12-16-25/h7-16,19,23,26-27H,17-18,20-22H2,1-6H3/t23-,26-,27-,29-/m0/s1. The summed E-state index contributed by atoms with van der Waals surface area (Å²) in [4.78, 5) is 12.4. The van der Waals surface area contributed by atoms with Gasteiger partial charge in [-0.3, -0.25) is 0 Å². The van der Waals surface area contributed by atoms with E-state index in [9.17, 15) is 4.79 Å². The first kappa shape index (κ1) is 27.7. The van der Waals surface area contributed by atoms with Gasteiger partial charge in [0.25, 0.3) is 8.32 Å². The fourth-order valence-corrected chi connectivity index (χ4v) is 10.6. The highest BCUT2D eigenvalue weighted by molar-refractivity contribution is 6.99. The van der Waals surface area contributed by atoms with Gasteiger partial charge in [0.05, 0.1) is 6.61 Å². The minimum absolute atomic E-state index is 0.0868. The third-order valence-corrected chi connectivity index (χ3v) is 12.7. The van der Waals surface area contributed by atoms with Crippen molar-refractivity contribution in [2.24, 2.45) is 17.8 Å². The maximum Gasteiger partial charge on any atom is 0.261 e. The molecule has 0 aromatic heterocycles. The highest BCUT2D eigenvalue weighted by atomic mass is 28.4. The van der Waals surface area contributed by atoms with Crippen LogP contribution in [-0.2, 0) is 23.4 Å². The van der Waals surface area contributed by atoms with Crippen LogP contribution in [0.1, 0.15) is 40.5 Å². The van der Waals surface area contributed by atoms with Crippen LogP contribution in [0.4, 0.5) is 0 Å². The number of aldehydes is 1. The van der Waals surface area contributed by atoms with Gasteiger partial charge in [-0.2, -0.15) is 0 Å². The molecule has 6 heteroatoms. The van der Waals surface area contributed by atoms with E-state index in [-0.39, 0.29) is 29.6 Å². The van der Waals surface area contributed by atoms with Gasteiger partial charge in [0, 0.05) is 26.7 Å². The third-order valence-electron chi connectivity index (χ3n) is 7.68. The Morgan fingerprint density at radius 3 is 2.03 bits per heavy atom. The summed E-state index contributed by atoms with van der Waals surface area (Å²) in [6.45, 7) is 10.2. The lowest BCUT2D eigenvalue weighted by Crippen LogP contribution is -2.67. The molecular formula is C29H42O5Si. The molecule has 0 N–H and O–H groups in total. The van der Waals surface area contributed by atoms with Crippen LogP contribution in [0.2, 0.25) is 5.04 Å². The van der Waals surface area contributed by atoms with Gasteiger partial charge in [-0.1, -0.05) is 88.4 Å². The zero-order chi connectivity index (χ0) is 25.5. The Balaban J connectivity index is 1.92. The summed E-state index contributed by atoms with van der Waals surface area (Å²) in [5, 5.41) is 2.44. The maximum atomic E-state index is 12.4. The normalized spacial score (nSPS) is 23.8. The van der Waals surface area contributed by atoms with Crippen molar-refractivity contribution in [3.63, 3.8) is 0 Å². The van der Waals surface area contributed by atoms with Crippen LogP contribution in [0.15, 0.2) is 60.7 Å². The van der Waals surface area contributed by atoms with Crippen molar-refractivity contribution in [1.29, 1.82) is 0 Å². The van der Waals surface area contributed by atoms with Crippen LogP contribution in [-0.4, -0.2) is 54.4 Å². The molecule has 1 aliphatic carbocycles. The third kappa shape index (κ3) is 5.62. The Labute approximate surface area is 212 Å². The van der Waals surface area contributed by atoms with E-state index in [1.165, 1.54) is 10.4 Å². The second kappa shape index (κ2) is 11.9. The summed E-state index contributed by atoms with van der Waals surface area (Å²) in [5.74, 6) is 0.0600. The molecule has 1 fully saturated rings. The average Bonchev–Trinajstić information content (AvgIpc) is 3.22. The molecule has 2 aromatic rings. The largest absolute Gasteiger partial charge is 0.407 e. The lowest BCUT2D eigenvalue weighted by molar-refractivity contribution is -0.174. The molecule has 35 heavy (non-hydrogen) atoms. The number of rotatable bonds is 12. The molecule has 0 aliphatic heterocycles. The Morgan fingerprint density at radius 2 is 1.57 bits per heavy atom. The predicted molar refractivity (Wildman–Crippen MR) is 143 cm³/mol. The van der Waals surface area contributed by atoms with E-state index in [2.05, 4.69) is 88.4 Å². The predicted octanol–water partition coefficient (Wildman–Crippen LogP) is 4.43. The van der Waals surface area contributed by atoms with Gasteiger partial charge in [-0.05, 0) is 40.1 Å². The van der Waals surface area contributed by atoms with Gasteiger partial charge in [-0.25, -0.2) is 0 Å². The van der Waals surface area contributed by atoms with Crippen LogP contribution in [0.3, 0.4) is 0 Å². The molecule has 2 aromatic carbocycles. The van der Waals surface area contributed by atoms with E-state index in [4.69, 9.17) is 18.6 Å². The molecule has 0 heterocycles. The van der Waals surface area contributed by atoms with Crippen molar-refractivity contribution in [3.05, 3.63) is 60.7 Å². The molecule has 0 bridgehead atoms. The van der Waals surface area contributed by atoms with Crippen LogP contribution in [0.25, 0.3) is 0 Å². The summed E-state index contributed by atoms with van der Waals surface area (Å²) in [6.07, 6.45) is 2.72. The first-order valence-electron chi connectivity index (χ1n) is 12.6. The number of methoxy groups -OCH3 is 2. The second-order valence-corrected chi connectivity index (χ2v) is 15.2. The van der Waals surface area contributed by atoms with Gasteiger partial charge in [-0.15, -0.1) is 0 Å². The molecule has 0 saturated heterocycles. The Kier molecular flexibility index (Phi) is 9.46. The minimum atomic E-state index is -2.63. The molecule has 1 saturated carbocycles. The zero-order valence-electron chi connectivity index (χ0n) is 22.2. The van der Waals surface area contributed by atoms with E-state index in [0.29, 0.717) is 13.2 Å². The highest BCUT2D eigenvalue weighted by Crippen LogP contribution is 2.46. The van der Waals surface area contributed by atoms with E-state index in [0.717, 1.165) is 19.1 Å². The van der Waals surface area contributed by atoms with E-state index < -0.39 is 13.9 Å². The van der Waals surface area contributed by atoms with Crippen molar-refractivity contribution in [1.82, 2.24) is 0 Å². The Morgan fingerprint density at radius 1 is 1.00 bits per heavy atom.